The molecule has 1 amide bonds. The van der Waals surface area contributed by atoms with Crippen LogP contribution in [0.2, 0.25) is 0 Å². The van der Waals surface area contributed by atoms with Crippen molar-refractivity contribution in [2.75, 3.05) is 13.1 Å². The second kappa shape index (κ2) is 6.58. The molecule has 118 valence electrons. The number of carbonyl (C=O) groups is 1. The summed E-state index contributed by atoms with van der Waals surface area (Å²) in [7, 11) is 0. The van der Waals surface area contributed by atoms with Crippen LogP contribution in [0, 0.1) is 0 Å². The fourth-order valence-electron chi connectivity index (χ4n) is 2.99. The first kappa shape index (κ1) is 15.2. The largest absolute Gasteiger partial charge is 0.338 e. The maximum Gasteiger partial charge on any atom is 0.262 e. The standard InChI is InChI=1S/C15H20N4O2S/c16-9-11-3-1-2-6-19(11)13(20)4-7-18-10-17-14-12(15(18)21)5-8-22-14/h5,8,10-11H,1-4,6-7,9,16H2. The van der Waals surface area contributed by atoms with Gasteiger partial charge in [-0.05, 0) is 30.7 Å². The Hall–Kier alpha value is -1.73. The van der Waals surface area contributed by atoms with Gasteiger partial charge in [-0.15, -0.1) is 11.3 Å². The number of aryl methyl sites for hydroxylation is 1. The zero-order valence-electron chi connectivity index (χ0n) is 12.4. The van der Waals surface area contributed by atoms with Gasteiger partial charge in [-0.2, -0.15) is 0 Å². The lowest BCUT2D eigenvalue weighted by molar-refractivity contribution is -0.134. The minimum atomic E-state index is -0.0759. The van der Waals surface area contributed by atoms with Gasteiger partial charge >= 0.3 is 0 Å². The summed E-state index contributed by atoms with van der Waals surface area (Å²) in [5, 5.41) is 2.48. The Morgan fingerprint density at radius 1 is 1.45 bits per heavy atom. The van der Waals surface area contributed by atoms with Gasteiger partial charge in [-0.1, -0.05) is 0 Å². The van der Waals surface area contributed by atoms with Crippen molar-refractivity contribution in [1.82, 2.24) is 14.5 Å². The van der Waals surface area contributed by atoms with E-state index in [2.05, 4.69) is 4.98 Å². The fourth-order valence-corrected chi connectivity index (χ4v) is 3.71. The van der Waals surface area contributed by atoms with E-state index in [1.807, 2.05) is 10.3 Å². The van der Waals surface area contributed by atoms with E-state index in [0.717, 1.165) is 30.6 Å². The molecule has 0 radical (unpaired) electrons. The third-order valence-electron chi connectivity index (χ3n) is 4.24. The van der Waals surface area contributed by atoms with Crippen LogP contribution in [0.25, 0.3) is 10.2 Å². The molecule has 6 nitrogen and oxygen atoms in total. The average Bonchev–Trinajstić information content (AvgIpc) is 3.03. The van der Waals surface area contributed by atoms with Crippen LogP contribution in [0.5, 0.6) is 0 Å². The van der Waals surface area contributed by atoms with Crippen molar-refractivity contribution in [3.63, 3.8) is 0 Å². The molecule has 0 aliphatic carbocycles. The number of likely N-dealkylation sites (tertiary alicyclic amines) is 1. The lowest BCUT2D eigenvalue weighted by Crippen LogP contribution is -2.47. The van der Waals surface area contributed by atoms with Gasteiger partial charge in [0.2, 0.25) is 5.91 Å². The van der Waals surface area contributed by atoms with Gasteiger partial charge in [0.05, 0.1) is 11.7 Å². The van der Waals surface area contributed by atoms with E-state index in [4.69, 9.17) is 5.73 Å². The van der Waals surface area contributed by atoms with Gasteiger partial charge in [-0.3, -0.25) is 14.2 Å². The zero-order valence-corrected chi connectivity index (χ0v) is 13.2. The molecule has 0 spiro atoms. The second-order valence-electron chi connectivity index (χ2n) is 5.60. The normalized spacial score (nSPS) is 18.8. The SMILES string of the molecule is NCC1CCCCN1C(=O)CCn1cnc2sccc2c1=O. The Balaban J connectivity index is 1.69. The number of nitrogens with two attached hydrogens (primary N) is 1. The number of thiophene rings is 1. The van der Waals surface area contributed by atoms with Gasteiger partial charge in [-0.25, -0.2) is 4.98 Å². The van der Waals surface area contributed by atoms with Gasteiger partial charge < -0.3 is 10.6 Å². The van der Waals surface area contributed by atoms with Gasteiger partial charge in [0.15, 0.2) is 0 Å². The number of aromatic nitrogens is 2. The highest BCUT2D eigenvalue weighted by Gasteiger charge is 2.25. The van der Waals surface area contributed by atoms with Crippen LogP contribution >= 0.6 is 11.3 Å². The first-order valence-electron chi connectivity index (χ1n) is 7.63. The van der Waals surface area contributed by atoms with Crippen molar-refractivity contribution in [2.24, 2.45) is 5.73 Å². The van der Waals surface area contributed by atoms with E-state index in [0.29, 0.717) is 24.9 Å². The average molecular weight is 320 g/mol. The summed E-state index contributed by atoms with van der Waals surface area (Å²) in [6.45, 7) is 1.65. The summed E-state index contributed by atoms with van der Waals surface area (Å²) < 4.78 is 1.52. The third kappa shape index (κ3) is 2.91. The topological polar surface area (TPSA) is 81.2 Å². The number of piperidine rings is 1. The van der Waals surface area contributed by atoms with Crippen molar-refractivity contribution in [1.29, 1.82) is 0 Å². The zero-order chi connectivity index (χ0) is 15.5. The number of hydrogen-bond acceptors (Lipinski definition) is 5. The summed E-state index contributed by atoms with van der Waals surface area (Å²) in [5.41, 5.74) is 5.68. The van der Waals surface area contributed by atoms with E-state index in [1.165, 1.54) is 22.2 Å². The molecule has 1 fully saturated rings. The first-order chi connectivity index (χ1) is 10.7. The fraction of sp³-hybridized carbons (Fsp3) is 0.533. The highest BCUT2D eigenvalue weighted by atomic mass is 32.1. The minimum absolute atomic E-state index is 0.0759. The molecular weight excluding hydrogens is 300 g/mol. The van der Waals surface area contributed by atoms with Crippen LogP contribution in [0.3, 0.4) is 0 Å². The van der Waals surface area contributed by atoms with Crippen molar-refractivity contribution >= 4 is 27.5 Å². The van der Waals surface area contributed by atoms with E-state index in [-0.39, 0.29) is 17.5 Å². The van der Waals surface area contributed by atoms with Gasteiger partial charge in [0.25, 0.3) is 5.56 Å². The van der Waals surface area contributed by atoms with Crippen LogP contribution in [0.4, 0.5) is 0 Å². The Labute approximate surface area is 132 Å². The molecule has 2 aromatic heterocycles. The van der Waals surface area contributed by atoms with Crippen LogP contribution in [-0.2, 0) is 11.3 Å². The van der Waals surface area contributed by atoms with Gasteiger partial charge in [0, 0.05) is 32.1 Å². The molecule has 7 heteroatoms. The Kier molecular flexibility index (Phi) is 4.54. The molecule has 3 rings (SSSR count). The molecule has 1 aliphatic heterocycles. The third-order valence-corrected chi connectivity index (χ3v) is 5.06. The minimum Gasteiger partial charge on any atom is -0.338 e. The first-order valence-corrected chi connectivity index (χ1v) is 8.51. The smallest absolute Gasteiger partial charge is 0.262 e. The van der Waals surface area contributed by atoms with Crippen LogP contribution in [-0.4, -0.2) is 39.5 Å². The van der Waals surface area contributed by atoms with E-state index in [1.54, 1.807) is 6.07 Å². The number of hydrogen-bond donors (Lipinski definition) is 1. The Morgan fingerprint density at radius 2 is 2.32 bits per heavy atom. The number of amides is 1. The maximum atomic E-state index is 12.4. The molecule has 0 aromatic carbocycles. The molecule has 1 unspecified atom stereocenters. The monoisotopic (exact) mass is 320 g/mol. The van der Waals surface area contributed by atoms with Crippen molar-refractivity contribution in [3.05, 3.63) is 28.1 Å². The molecule has 0 saturated carbocycles. The van der Waals surface area contributed by atoms with E-state index in [9.17, 15) is 9.59 Å². The second-order valence-corrected chi connectivity index (χ2v) is 6.50. The molecule has 22 heavy (non-hydrogen) atoms. The summed E-state index contributed by atoms with van der Waals surface area (Å²) in [4.78, 5) is 31.6. The molecule has 1 saturated heterocycles. The van der Waals surface area contributed by atoms with Crippen LogP contribution in [0.1, 0.15) is 25.7 Å². The molecule has 2 N–H and O–H groups in total. The quantitative estimate of drug-likeness (QED) is 0.917. The predicted molar refractivity (Wildman–Crippen MR) is 86.9 cm³/mol. The molecule has 1 aliphatic rings. The summed E-state index contributed by atoms with van der Waals surface area (Å²) >= 11 is 1.45. The van der Waals surface area contributed by atoms with Crippen molar-refractivity contribution < 1.29 is 4.79 Å². The molecule has 2 aromatic rings. The van der Waals surface area contributed by atoms with Crippen molar-refractivity contribution in [2.45, 2.75) is 38.3 Å². The summed E-state index contributed by atoms with van der Waals surface area (Å²) in [6, 6.07) is 1.93. The van der Waals surface area contributed by atoms with E-state index < -0.39 is 0 Å². The molecule has 0 bridgehead atoms. The van der Waals surface area contributed by atoms with Crippen molar-refractivity contribution in [3.8, 4) is 0 Å². The highest BCUT2D eigenvalue weighted by Crippen LogP contribution is 2.17. The highest BCUT2D eigenvalue weighted by molar-refractivity contribution is 7.16. The maximum absolute atomic E-state index is 12.4. The number of rotatable bonds is 4. The number of fused-ring (bicyclic) bond motifs is 1. The molecule has 3 heterocycles. The van der Waals surface area contributed by atoms with Gasteiger partial charge in [0.1, 0.15) is 4.83 Å². The Morgan fingerprint density at radius 3 is 3.14 bits per heavy atom. The number of nitrogens with zero attached hydrogens (tertiary/aromatic N) is 3. The molecular formula is C15H20N4O2S. The lowest BCUT2D eigenvalue weighted by atomic mass is 10.0. The molecule has 1 atom stereocenters. The van der Waals surface area contributed by atoms with Crippen LogP contribution < -0.4 is 11.3 Å². The Bertz CT molecular complexity index is 724. The predicted octanol–water partition coefficient (Wildman–Crippen LogP) is 1.19. The van der Waals surface area contributed by atoms with E-state index >= 15 is 0 Å². The van der Waals surface area contributed by atoms with Crippen LogP contribution in [0.15, 0.2) is 22.6 Å². The summed E-state index contributed by atoms with van der Waals surface area (Å²) in [6.07, 6.45) is 4.98. The number of carbonyl (C=O) groups excluding carboxylic acids is 1. The summed E-state index contributed by atoms with van der Waals surface area (Å²) in [5.74, 6) is 0.0764. The lowest BCUT2D eigenvalue weighted by Gasteiger charge is -2.35.